The fraction of sp³-hybridized carbons (Fsp3) is 0.778. The molecule has 2 rings (SSSR count). The molecule has 1 aromatic rings. The highest BCUT2D eigenvalue weighted by Crippen LogP contribution is 2.12. The minimum atomic E-state index is 0.530. The monoisotopic (exact) mass is 351 g/mol. The van der Waals surface area contributed by atoms with Crippen molar-refractivity contribution in [1.29, 1.82) is 0 Å². The summed E-state index contributed by atoms with van der Waals surface area (Å²) in [6.45, 7) is 11.7. The minimum absolute atomic E-state index is 0.530. The van der Waals surface area contributed by atoms with E-state index in [-0.39, 0.29) is 0 Å². The third-order valence-electron chi connectivity index (χ3n) is 4.40. The molecule has 0 spiro atoms. The van der Waals surface area contributed by atoms with Crippen molar-refractivity contribution in [2.45, 2.75) is 65.5 Å². The third-order valence-corrected chi connectivity index (χ3v) is 5.44. The second kappa shape index (κ2) is 10.7. The number of thiazole rings is 1. The fourth-order valence-electron chi connectivity index (χ4n) is 2.94. The van der Waals surface area contributed by atoms with Crippen molar-refractivity contribution < 1.29 is 0 Å². The number of hydrogen-bond donors (Lipinski definition) is 2. The lowest BCUT2D eigenvalue weighted by atomic mass is 10.0. The molecule has 2 N–H and O–H groups in total. The van der Waals surface area contributed by atoms with Crippen LogP contribution >= 0.6 is 11.3 Å². The molecule has 0 aliphatic carbocycles. The van der Waals surface area contributed by atoms with Crippen LogP contribution in [-0.4, -0.2) is 48.1 Å². The van der Waals surface area contributed by atoms with Crippen LogP contribution in [0.1, 0.15) is 57.2 Å². The topological polar surface area (TPSA) is 52.5 Å². The van der Waals surface area contributed by atoms with Crippen LogP contribution in [0.4, 0.5) is 0 Å². The summed E-state index contributed by atoms with van der Waals surface area (Å²) < 4.78 is 0. The van der Waals surface area contributed by atoms with Gasteiger partial charge in [0, 0.05) is 31.1 Å². The molecule has 0 bridgehead atoms. The molecule has 5 nitrogen and oxygen atoms in total. The van der Waals surface area contributed by atoms with Crippen molar-refractivity contribution in [1.82, 2.24) is 20.5 Å². The van der Waals surface area contributed by atoms with Crippen molar-refractivity contribution in [3.05, 3.63) is 16.1 Å². The summed E-state index contributed by atoms with van der Waals surface area (Å²) in [6.07, 6.45) is 6.00. The van der Waals surface area contributed by atoms with E-state index in [1.54, 1.807) is 11.3 Å². The number of guanidine groups is 1. The van der Waals surface area contributed by atoms with Crippen molar-refractivity contribution in [3.63, 3.8) is 0 Å². The number of aryl methyl sites for hydroxylation is 1. The Morgan fingerprint density at radius 3 is 2.75 bits per heavy atom. The quantitative estimate of drug-likeness (QED) is 0.558. The molecule has 2 heterocycles. The van der Waals surface area contributed by atoms with E-state index >= 15 is 0 Å². The van der Waals surface area contributed by atoms with Gasteiger partial charge in [-0.05, 0) is 39.2 Å². The van der Waals surface area contributed by atoms with E-state index in [4.69, 9.17) is 4.99 Å². The average Bonchev–Trinajstić information content (AvgIpc) is 3.07. The van der Waals surface area contributed by atoms with E-state index in [9.17, 15) is 0 Å². The van der Waals surface area contributed by atoms with Gasteiger partial charge in [-0.3, -0.25) is 0 Å². The zero-order valence-electron chi connectivity index (χ0n) is 15.5. The van der Waals surface area contributed by atoms with Gasteiger partial charge in [-0.25, -0.2) is 9.98 Å². The van der Waals surface area contributed by atoms with E-state index in [1.807, 2.05) is 0 Å². The van der Waals surface area contributed by atoms with Crippen LogP contribution in [0.2, 0.25) is 0 Å². The molecule has 0 unspecified atom stereocenters. The summed E-state index contributed by atoms with van der Waals surface area (Å²) >= 11 is 1.73. The summed E-state index contributed by atoms with van der Waals surface area (Å²) in [5, 5.41) is 10.3. The first-order chi connectivity index (χ1) is 11.7. The molecule has 1 aromatic heterocycles. The van der Waals surface area contributed by atoms with E-state index in [1.165, 1.54) is 50.3 Å². The highest BCUT2D eigenvalue weighted by Gasteiger charge is 2.19. The smallest absolute Gasteiger partial charge is 0.191 e. The summed E-state index contributed by atoms with van der Waals surface area (Å²) in [4.78, 5) is 11.9. The summed E-state index contributed by atoms with van der Waals surface area (Å²) in [5.74, 6) is 0.926. The van der Waals surface area contributed by atoms with Crippen LogP contribution in [0, 0.1) is 0 Å². The van der Waals surface area contributed by atoms with Crippen LogP contribution in [-0.2, 0) is 13.0 Å². The van der Waals surface area contributed by atoms with Gasteiger partial charge < -0.3 is 15.5 Å². The Balaban J connectivity index is 1.81. The number of rotatable bonds is 8. The lowest BCUT2D eigenvalue weighted by molar-refractivity contribution is 0.203. The third kappa shape index (κ3) is 6.40. The van der Waals surface area contributed by atoms with Crippen LogP contribution in [0.25, 0.3) is 0 Å². The predicted molar refractivity (Wildman–Crippen MR) is 104 cm³/mol. The second-order valence-electron chi connectivity index (χ2n) is 6.40. The lowest BCUT2D eigenvalue weighted by Gasteiger charge is -2.33. The number of aliphatic imine (C=N–C) groups is 1. The van der Waals surface area contributed by atoms with Crippen molar-refractivity contribution in [2.75, 3.05) is 26.2 Å². The van der Waals surface area contributed by atoms with Crippen molar-refractivity contribution in [2.24, 2.45) is 4.99 Å². The Bertz CT molecular complexity index is 491. The number of nitrogens with zero attached hydrogens (tertiary/aromatic N) is 3. The summed E-state index contributed by atoms with van der Waals surface area (Å²) in [6, 6.07) is 0.530. The highest BCUT2D eigenvalue weighted by molar-refractivity contribution is 7.09. The fourth-order valence-corrected chi connectivity index (χ4v) is 3.68. The Morgan fingerprint density at radius 2 is 2.12 bits per heavy atom. The van der Waals surface area contributed by atoms with Gasteiger partial charge in [0.25, 0.3) is 0 Å². The second-order valence-corrected chi connectivity index (χ2v) is 7.34. The van der Waals surface area contributed by atoms with Gasteiger partial charge in [0.05, 0.1) is 17.2 Å². The van der Waals surface area contributed by atoms with Crippen LogP contribution in [0.5, 0.6) is 0 Å². The first-order valence-corrected chi connectivity index (χ1v) is 10.3. The zero-order valence-corrected chi connectivity index (χ0v) is 16.3. The van der Waals surface area contributed by atoms with Gasteiger partial charge in [0.15, 0.2) is 5.96 Å². The van der Waals surface area contributed by atoms with E-state index in [0.717, 1.165) is 24.6 Å². The first kappa shape index (κ1) is 19.2. The summed E-state index contributed by atoms with van der Waals surface area (Å²) in [5.41, 5.74) is 1.07. The largest absolute Gasteiger partial charge is 0.357 e. The number of nitrogens with one attached hydrogen (secondary N) is 2. The number of piperidine rings is 1. The maximum absolute atomic E-state index is 4.72. The number of aromatic nitrogens is 1. The Hall–Kier alpha value is -1.14. The van der Waals surface area contributed by atoms with Crippen molar-refractivity contribution in [3.8, 4) is 0 Å². The van der Waals surface area contributed by atoms with E-state index in [2.05, 4.69) is 46.7 Å². The van der Waals surface area contributed by atoms with Gasteiger partial charge in [-0.2, -0.15) is 0 Å². The van der Waals surface area contributed by atoms with Crippen LogP contribution in [0.3, 0.4) is 0 Å². The maximum atomic E-state index is 4.72. The predicted octanol–water partition coefficient (Wildman–Crippen LogP) is 3.03. The van der Waals surface area contributed by atoms with Gasteiger partial charge >= 0.3 is 0 Å². The Labute approximate surface area is 151 Å². The normalized spacial score (nSPS) is 17.2. The molecule has 1 saturated heterocycles. The van der Waals surface area contributed by atoms with E-state index < -0.39 is 0 Å². The van der Waals surface area contributed by atoms with Gasteiger partial charge in [-0.15, -0.1) is 11.3 Å². The molecule has 136 valence electrons. The molecule has 1 aliphatic heterocycles. The standard InChI is InChI=1S/C18H33N5S/c1-4-7-10-23-11-8-15(9-12-23)22-18(19-6-3)20-13-16-14-24-17(5-2)21-16/h14-15H,4-13H2,1-3H3,(H2,19,20,22). The molecule has 1 aliphatic rings. The molecular weight excluding hydrogens is 318 g/mol. The molecular formula is C18H33N5S. The zero-order chi connectivity index (χ0) is 17.2. The Morgan fingerprint density at radius 1 is 1.33 bits per heavy atom. The van der Waals surface area contributed by atoms with Gasteiger partial charge in [-0.1, -0.05) is 20.3 Å². The Kier molecular flexibility index (Phi) is 8.53. The number of hydrogen-bond acceptors (Lipinski definition) is 4. The molecule has 0 radical (unpaired) electrons. The summed E-state index contributed by atoms with van der Waals surface area (Å²) in [7, 11) is 0. The van der Waals surface area contributed by atoms with Gasteiger partial charge in [0.1, 0.15) is 0 Å². The number of unbranched alkanes of at least 4 members (excludes halogenated alkanes) is 1. The molecule has 0 aromatic carbocycles. The van der Waals surface area contributed by atoms with Crippen LogP contribution < -0.4 is 10.6 Å². The van der Waals surface area contributed by atoms with E-state index in [0.29, 0.717) is 12.6 Å². The van der Waals surface area contributed by atoms with Crippen molar-refractivity contribution >= 4 is 17.3 Å². The number of likely N-dealkylation sites (tertiary alicyclic amines) is 1. The molecule has 0 atom stereocenters. The first-order valence-electron chi connectivity index (χ1n) is 9.45. The minimum Gasteiger partial charge on any atom is -0.357 e. The SMILES string of the molecule is CCCCN1CCC(NC(=NCc2csc(CC)n2)NCC)CC1. The molecule has 0 saturated carbocycles. The maximum Gasteiger partial charge on any atom is 0.191 e. The average molecular weight is 352 g/mol. The van der Waals surface area contributed by atoms with Gasteiger partial charge in [0.2, 0.25) is 0 Å². The molecule has 6 heteroatoms. The van der Waals surface area contributed by atoms with Crippen LogP contribution in [0.15, 0.2) is 10.4 Å². The molecule has 0 amide bonds. The molecule has 24 heavy (non-hydrogen) atoms. The lowest BCUT2D eigenvalue weighted by Crippen LogP contribution is -2.48. The highest BCUT2D eigenvalue weighted by atomic mass is 32.1. The molecule has 1 fully saturated rings.